The highest BCUT2D eigenvalue weighted by Crippen LogP contribution is 2.40. The van der Waals surface area contributed by atoms with Gasteiger partial charge in [0.25, 0.3) is 5.56 Å². The fourth-order valence-electron chi connectivity index (χ4n) is 4.56. The van der Waals surface area contributed by atoms with E-state index >= 15 is 0 Å². The van der Waals surface area contributed by atoms with E-state index in [4.69, 9.17) is 10.5 Å². The average Bonchev–Trinajstić information content (AvgIpc) is 3.24. The van der Waals surface area contributed by atoms with Gasteiger partial charge in [-0.05, 0) is 25.8 Å². The van der Waals surface area contributed by atoms with Crippen molar-refractivity contribution in [1.29, 1.82) is 0 Å². The maximum absolute atomic E-state index is 15.0. The molecule has 2 saturated heterocycles. The first-order valence-corrected chi connectivity index (χ1v) is 9.05. The third kappa shape index (κ3) is 2.69. The number of aryl methyl sites for hydroxylation is 1. The quantitative estimate of drug-likeness (QED) is 0.791. The molecule has 3 heterocycles. The number of nitrogens with one attached hydrogen (secondary N) is 1. The van der Waals surface area contributed by atoms with Crippen LogP contribution in [-0.2, 0) is 4.74 Å². The fraction of sp³-hybridized carbons (Fsp3) is 0.556. The first kappa shape index (κ1) is 18.5. The van der Waals surface area contributed by atoms with Gasteiger partial charge in [0.15, 0.2) is 0 Å². The van der Waals surface area contributed by atoms with E-state index in [1.54, 1.807) is 11.5 Å². The molecule has 0 spiro atoms. The first-order valence-electron chi connectivity index (χ1n) is 9.05. The Morgan fingerprint density at radius 3 is 2.70 bits per heavy atom. The monoisotopic (exact) mass is 396 g/mol. The number of hydrogen-bond donors (Lipinski definition) is 2. The second-order valence-electron chi connectivity index (χ2n) is 7.69. The summed E-state index contributed by atoms with van der Waals surface area (Å²) in [6, 6.07) is 1.29. The zero-order valence-electron chi connectivity index (χ0n) is 14.9. The van der Waals surface area contributed by atoms with Gasteiger partial charge in [-0.15, -0.1) is 12.4 Å². The molecule has 1 aromatic heterocycles. The van der Waals surface area contributed by atoms with Crippen LogP contribution < -0.4 is 21.9 Å². The maximum atomic E-state index is 15.0. The minimum Gasteiger partial charge on any atom is -0.374 e. The normalized spacial score (nSPS) is 27.1. The summed E-state index contributed by atoms with van der Waals surface area (Å²) in [7, 11) is 0. The van der Waals surface area contributed by atoms with Gasteiger partial charge in [0, 0.05) is 36.7 Å². The van der Waals surface area contributed by atoms with Crippen molar-refractivity contribution in [2.24, 2.45) is 11.7 Å². The maximum Gasteiger partial charge on any atom is 0.329 e. The largest absolute Gasteiger partial charge is 0.374 e. The molecule has 3 aliphatic rings. The van der Waals surface area contributed by atoms with Crippen LogP contribution in [-0.4, -0.2) is 41.4 Å². The van der Waals surface area contributed by atoms with Crippen molar-refractivity contribution < 1.29 is 9.13 Å². The molecule has 146 valence electrons. The van der Waals surface area contributed by atoms with Crippen molar-refractivity contribution in [2.45, 2.75) is 38.0 Å². The van der Waals surface area contributed by atoms with Crippen LogP contribution in [0.15, 0.2) is 15.7 Å². The number of halogens is 2. The highest BCUT2D eigenvalue weighted by molar-refractivity contribution is 5.87. The predicted molar refractivity (Wildman–Crippen MR) is 102 cm³/mol. The van der Waals surface area contributed by atoms with Crippen LogP contribution in [0.3, 0.4) is 0 Å². The molecular formula is C18H22ClFN4O3. The number of hydrogen-bond acceptors (Lipinski definition) is 5. The molecule has 3 unspecified atom stereocenters. The SMILES string of the molecule is Cc1c(N2CC3OCC(N)C3C2)c(F)cc2c(=O)[nH]c(=O)n(C3CC3)c12.Cl. The van der Waals surface area contributed by atoms with E-state index in [-0.39, 0.29) is 41.9 Å². The van der Waals surface area contributed by atoms with E-state index in [1.807, 2.05) is 4.90 Å². The predicted octanol–water partition coefficient (Wildman–Crippen LogP) is 1.06. The molecule has 0 radical (unpaired) electrons. The highest BCUT2D eigenvalue weighted by atomic mass is 35.5. The van der Waals surface area contributed by atoms with Gasteiger partial charge in [0.1, 0.15) is 5.82 Å². The Hall–Kier alpha value is -1.90. The van der Waals surface area contributed by atoms with Gasteiger partial charge in [-0.25, -0.2) is 9.18 Å². The summed E-state index contributed by atoms with van der Waals surface area (Å²) >= 11 is 0. The summed E-state index contributed by atoms with van der Waals surface area (Å²) in [6.07, 6.45) is 1.79. The standard InChI is InChI=1S/C18H21FN4O3.ClH/c1-8-15-10(17(24)21-18(25)23(15)9-2-3-9)4-12(19)16(8)22-5-11-13(20)7-26-14(11)6-22;/h4,9,11,13-14H,2-3,5-7,20H2,1H3,(H,21,24,25);1H. The van der Waals surface area contributed by atoms with E-state index in [2.05, 4.69) is 4.98 Å². The number of H-pyrrole nitrogens is 1. The third-order valence-corrected chi connectivity index (χ3v) is 5.98. The Balaban J connectivity index is 0.00000180. The molecule has 9 heteroatoms. The molecule has 3 N–H and O–H groups in total. The Morgan fingerprint density at radius 2 is 2.04 bits per heavy atom. The van der Waals surface area contributed by atoms with Crippen LogP contribution in [0.5, 0.6) is 0 Å². The molecule has 2 aromatic rings. The third-order valence-electron chi connectivity index (χ3n) is 5.98. The van der Waals surface area contributed by atoms with Crippen LogP contribution in [0.2, 0.25) is 0 Å². The molecule has 3 atom stereocenters. The van der Waals surface area contributed by atoms with Crippen molar-refractivity contribution in [2.75, 3.05) is 24.6 Å². The second kappa shape index (κ2) is 6.32. The molecule has 2 aliphatic heterocycles. The molecule has 27 heavy (non-hydrogen) atoms. The molecule has 3 fully saturated rings. The summed E-state index contributed by atoms with van der Waals surface area (Å²) in [4.78, 5) is 28.9. The molecule has 0 amide bonds. The highest BCUT2D eigenvalue weighted by Gasteiger charge is 2.43. The van der Waals surface area contributed by atoms with Crippen LogP contribution in [0.4, 0.5) is 10.1 Å². The minimum absolute atomic E-state index is 0. The van der Waals surface area contributed by atoms with Gasteiger partial charge >= 0.3 is 5.69 Å². The number of anilines is 1. The number of ether oxygens (including phenoxy) is 1. The Morgan fingerprint density at radius 1 is 1.30 bits per heavy atom. The van der Waals surface area contributed by atoms with E-state index in [1.165, 1.54) is 6.07 Å². The van der Waals surface area contributed by atoms with Gasteiger partial charge in [0.05, 0.1) is 29.3 Å². The number of nitrogens with two attached hydrogens (primary N) is 1. The Kier molecular flexibility index (Phi) is 4.32. The van der Waals surface area contributed by atoms with Gasteiger partial charge in [-0.3, -0.25) is 14.3 Å². The lowest BCUT2D eigenvalue weighted by Crippen LogP contribution is -2.34. The average molecular weight is 397 g/mol. The number of aromatic nitrogens is 2. The van der Waals surface area contributed by atoms with E-state index in [0.29, 0.717) is 36.5 Å². The molecule has 1 saturated carbocycles. The number of rotatable bonds is 2. The Labute approximate surface area is 160 Å². The number of fused-ring (bicyclic) bond motifs is 2. The number of aromatic amines is 1. The smallest absolute Gasteiger partial charge is 0.329 e. The van der Waals surface area contributed by atoms with Crippen LogP contribution in [0.25, 0.3) is 10.9 Å². The van der Waals surface area contributed by atoms with Crippen LogP contribution in [0.1, 0.15) is 24.4 Å². The molecule has 1 aliphatic carbocycles. The van der Waals surface area contributed by atoms with Crippen molar-refractivity contribution >= 4 is 29.0 Å². The van der Waals surface area contributed by atoms with Crippen molar-refractivity contribution in [3.05, 3.63) is 38.3 Å². The molecule has 1 aromatic carbocycles. The summed E-state index contributed by atoms with van der Waals surface area (Å²) in [6.45, 7) is 3.51. The summed E-state index contributed by atoms with van der Waals surface area (Å²) in [5, 5.41) is 0.225. The summed E-state index contributed by atoms with van der Waals surface area (Å²) < 4.78 is 22.3. The number of benzene rings is 1. The number of nitrogens with zero attached hydrogens (tertiary/aromatic N) is 2. The summed E-state index contributed by atoms with van der Waals surface area (Å²) in [5.41, 5.74) is 6.75. The lowest BCUT2D eigenvalue weighted by Gasteiger charge is -2.24. The first-order chi connectivity index (χ1) is 12.5. The van der Waals surface area contributed by atoms with E-state index in [9.17, 15) is 14.0 Å². The van der Waals surface area contributed by atoms with E-state index < -0.39 is 17.1 Å². The van der Waals surface area contributed by atoms with Crippen LogP contribution >= 0.6 is 12.4 Å². The van der Waals surface area contributed by atoms with Crippen LogP contribution in [0, 0.1) is 18.7 Å². The van der Waals surface area contributed by atoms with Gasteiger partial charge < -0.3 is 15.4 Å². The molecule has 0 bridgehead atoms. The Bertz CT molecular complexity index is 1030. The van der Waals surface area contributed by atoms with Gasteiger partial charge in [-0.2, -0.15) is 0 Å². The van der Waals surface area contributed by atoms with Crippen molar-refractivity contribution in [3.63, 3.8) is 0 Å². The lowest BCUT2D eigenvalue weighted by molar-refractivity contribution is 0.113. The zero-order chi connectivity index (χ0) is 18.2. The second-order valence-corrected chi connectivity index (χ2v) is 7.69. The molecule has 5 rings (SSSR count). The van der Waals surface area contributed by atoms with Gasteiger partial charge in [-0.1, -0.05) is 0 Å². The fourth-order valence-corrected chi connectivity index (χ4v) is 4.56. The summed E-state index contributed by atoms with van der Waals surface area (Å²) in [5.74, 6) is -0.274. The topological polar surface area (TPSA) is 93.3 Å². The van der Waals surface area contributed by atoms with Crippen molar-refractivity contribution in [3.8, 4) is 0 Å². The van der Waals surface area contributed by atoms with Crippen molar-refractivity contribution in [1.82, 2.24) is 9.55 Å². The zero-order valence-corrected chi connectivity index (χ0v) is 15.7. The molecule has 7 nitrogen and oxygen atoms in total. The molecular weight excluding hydrogens is 375 g/mol. The van der Waals surface area contributed by atoms with E-state index in [0.717, 1.165) is 12.8 Å². The van der Waals surface area contributed by atoms with Gasteiger partial charge in [0.2, 0.25) is 0 Å². The minimum atomic E-state index is -0.543. The lowest BCUT2D eigenvalue weighted by atomic mass is 10.0.